The van der Waals surface area contributed by atoms with Crippen molar-refractivity contribution in [3.63, 3.8) is 0 Å². The number of fused-ring (bicyclic) bond motifs is 4. The molecule has 0 spiro atoms. The van der Waals surface area contributed by atoms with Gasteiger partial charge >= 0.3 is 0 Å². The first-order chi connectivity index (χ1) is 24.0. The molecule has 0 aliphatic carbocycles. The van der Waals surface area contributed by atoms with Crippen LogP contribution in [0.1, 0.15) is 109 Å². The highest BCUT2D eigenvalue weighted by Crippen LogP contribution is 2.38. The van der Waals surface area contributed by atoms with Gasteiger partial charge in [0.05, 0.1) is 0 Å². The molecule has 3 heteroatoms. The lowest BCUT2D eigenvalue weighted by molar-refractivity contribution is 0.590. The van der Waals surface area contributed by atoms with E-state index >= 15 is 0 Å². The maximum atomic E-state index is 2.61. The van der Waals surface area contributed by atoms with Gasteiger partial charge in [0.2, 0.25) is 13.4 Å². The molecule has 0 fully saturated rings. The summed E-state index contributed by atoms with van der Waals surface area (Å²) in [6.45, 7) is 18.8. The lowest BCUT2D eigenvalue weighted by Crippen LogP contribution is -2.65. The molecule has 1 nitrogen and oxygen atoms in total. The van der Waals surface area contributed by atoms with Crippen LogP contribution in [0.5, 0.6) is 0 Å². The Morgan fingerprint density at radius 2 is 1.04 bits per heavy atom. The molecule has 0 saturated heterocycles. The molecule has 2 aliphatic rings. The molecule has 2 aliphatic heterocycles. The second kappa shape index (κ2) is 13.6. The summed E-state index contributed by atoms with van der Waals surface area (Å²) in [5.41, 5.74) is 18.3. The third kappa shape index (κ3) is 6.50. The fourth-order valence-electron chi connectivity index (χ4n) is 8.52. The van der Waals surface area contributed by atoms with E-state index in [1.54, 1.807) is 0 Å². The van der Waals surface area contributed by atoms with Gasteiger partial charge in [-0.15, -0.1) is 0 Å². The Hall–Kier alpha value is -3.97. The van der Waals surface area contributed by atoms with Crippen molar-refractivity contribution >= 4 is 63.3 Å². The van der Waals surface area contributed by atoms with Gasteiger partial charge in [-0.05, 0) is 81.3 Å². The van der Waals surface area contributed by atoms with Crippen LogP contribution in [0.25, 0.3) is 0 Å². The summed E-state index contributed by atoms with van der Waals surface area (Å²) in [4.78, 5) is 2.61. The molecule has 2 heterocycles. The Morgan fingerprint density at radius 3 is 1.62 bits per heavy atom. The molecule has 0 N–H and O–H groups in total. The number of hydrogen-bond acceptors (Lipinski definition) is 1. The fraction of sp³-hybridized carbons (Fsp3) is 0.362. The first kappa shape index (κ1) is 34.5. The molecular weight excluding hydrogens is 600 g/mol. The molecular formula is C47H55B2N. The van der Waals surface area contributed by atoms with Crippen molar-refractivity contribution in [1.29, 1.82) is 0 Å². The first-order valence-corrected chi connectivity index (χ1v) is 19.3. The van der Waals surface area contributed by atoms with Crippen LogP contribution in [0.4, 0.5) is 17.1 Å². The zero-order chi connectivity index (χ0) is 35.2. The molecule has 254 valence electrons. The molecule has 5 aromatic carbocycles. The van der Waals surface area contributed by atoms with Crippen LogP contribution in [0.3, 0.4) is 0 Å². The van der Waals surface area contributed by atoms with E-state index in [-0.39, 0.29) is 24.3 Å². The molecule has 7 rings (SSSR count). The number of rotatable bonds is 9. The monoisotopic (exact) mass is 655 g/mol. The number of aryl methyl sites for hydroxylation is 2. The second-order valence-corrected chi connectivity index (χ2v) is 17.2. The highest BCUT2D eigenvalue weighted by Gasteiger charge is 2.43. The van der Waals surface area contributed by atoms with Gasteiger partial charge in [-0.1, -0.05) is 188 Å². The molecule has 5 aromatic rings. The van der Waals surface area contributed by atoms with Gasteiger partial charge in [0.15, 0.2) is 0 Å². The Morgan fingerprint density at radius 1 is 0.520 bits per heavy atom. The maximum Gasteiger partial charge on any atom is 0.246 e. The van der Waals surface area contributed by atoms with Crippen molar-refractivity contribution in [1.82, 2.24) is 0 Å². The lowest BCUT2D eigenvalue weighted by Gasteiger charge is -2.44. The van der Waals surface area contributed by atoms with E-state index in [1.807, 2.05) is 0 Å². The van der Waals surface area contributed by atoms with Crippen LogP contribution in [0.2, 0.25) is 0 Å². The summed E-state index contributed by atoms with van der Waals surface area (Å²) >= 11 is 0. The van der Waals surface area contributed by atoms with Gasteiger partial charge in [0, 0.05) is 17.1 Å². The normalized spacial score (nSPS) is 13.6. The van der Waals surface area contributed by atoms with E-state index in [2.05, 4.69) is 163 Å². The Labute approximate surface area is 303 Å². The summed E-state index contributed by atoms with van der Waals surface area (Å²) in [5.74, 6) is 0. The number of benzene rings is 5. The highest BCUT2D eigenvalue weighted by molar-refractivity contribution is 7.02. The van der Waals surface area contributed by atoms with Gasteiger partial charge < -0.3 is 4.90 Å². The number of hydrogen-bond donors (Lipinski definition) is 0. The zero-order valence-electron chi connectivity index (χ0n) is 31.9. The number of unbranched alkanes of at least 4 members (excludes halogenated alkanes) is 5. The van der Waals surface area contributed by atoms with Crippen LogP contribution in [-0.4, -0.2) is 13.4 Å². The lowest BCUT2D eigenvalue weighted by atomic mass is 9.30. The molecule has 50 heavy (non-hydrogen) atoms. The highest BCUT2D eigenvalue weighted by atomic mass is 15.2. The number of para-hydroxylation sites is 1. The molecule has 0 bridgehead atoms. The minimum absolute atomic E-state index is 0.117. The Balaban J connectivity index is 1.45. The summed E-state index contributed by atoms with van der Waals surface area (Å²) in [6.07, 6.45) is 9.01. The van der Waals surface area contributed by atoms with Crippen LogP contribution in [-0.2, 0) is 17.3 Å². The van der Waals surface area contributed by atoms with E-state index in [0.717, 1.165) is 6.42 Å². The fourth-order valence-corrected chi connectivity index (χ4v) is 8.52. The average molecular weight is 656 g/mol. The predicted octanol–water partition coefficient (Wildman–Crippen LogP) is 8.62. The molecule has 0 atom stereocenters. The first-order valence-electron chi connectivity index (χ1n) is 19.3. The van der Waals surface area contributed by atoms with E-state index in [4.69, 9.17) is 0 Å². The maximum absolute atomic E-state index is 2.61. The van der Waals surface area contributed by atoms with E-state index in [1.165, 1.54) is 111 Å². The minimum atomic E-state index is 0.117. The van der Waals surface area contributed by atoms with Crippen LogP contribution < -0.4 is 37.7 Å². The van der Waals surface area contributed by atoms with E-state index in [9.17, 15) is 0 Å². The summed E-state index contributed by atoms with van der Waals surface area (Å²) in [6, 6.07) is 40.7. The average Bonchev–Trinajstić information content (AvgIpc) is 3.09. The van der Waals surface area contributed by atoms with Gasteiger partial charge in [-0.2, -0.15) is 0 Å². The molecule has 0 radical (unpaired) electrons. The van der Waals surface area contributed by atoms with Crippen LogP contribution in [0.15, 0.2) is 103 Å². The van der Waals surface area contributed by atoms with Crippen molar-refractivity contribution in [3.8, 4) is 0 Å². The van der Waals surface area contributed by atoms with E-state index < -0.39 is 0 Å². The van der Waals surface area contributed by atoms with Crippen LogP contribution >= 0.6 is 0 Å². The number of nitrogens with zero attached hydrogens (tertiary/aromatic N) is 1. The van der Waals surface area contributed by atoms with Crippen molar-refractivity contribution in [3.05, 3.63) is 125 Å². The molecule has 0 unspecified atom stereocenters. The minimum Gasteiger partial charge on any atom is -0.313 e. The summed E-state index contributed by atoms with van der Waals surface area (Å²) in [7, 11) is 0. The van der Waals surface area contributed by atoms with Gasteiger partial charge in [-0.25, -0.2) is 0 Å². The van der Waals surface area contributed by atoms with Gasteiger partial charge in [0.1, 0.15) is 0 Å². The van der Waals surface area contributed by atoms with E-state index in [0.29, 0.717) is 0 Å². The van der Waals surface area contributed by atoms with Gasteiger partial charge in [-0.3, -0.25) is 0 Å². The quantitative estimate of drug-likeness (QED) is 0.111. The van der Waals surface area contributed by atoms with Gasteiger partial charge in [0.25, 0.3) is 0 Å². The predicted molar refractivity (Wildman–Crippen MR) is 223 cm³/mol. The third-order valence-electron chi connectivity index (χ3n) is 11.3. The van der Waals surface area contributed by atoms with Crippen molar-refractivity contribution in [2.24, 2.45) is 0 Å². The summed E-state index contributed by atoms with van der Waals surface area (Å²) < 4.78 is 0. The molecule has 0 amide bonds. The zero-order valence-corrected chi connectivity index (χ0v) is 31.9. The van der Waals surface area contributed by atoms with Crippen molar-refractivity contribution in [2.75, 3.05) is 4.90 Å². The third-order valence-corrected chi connectivity index (χ3v) is 11.3. The largest absolute Gasteiger partial charge is 0.313 e. The topological polar surface area (TPSA) is 3.24 Å². The Bertz CT molecular complexity index is 1970. The molecule has 0 saturated carbocycles. The second-order valence-electron chi connectivity index (χ2n) is 17.2. The number of anilines is 3. The van der Waals surface area contributed by atoms with Crippen molar-refractivity contribution < 1.29 is 0 Å². The standard InChI is InChI=1S/C47H55B2N/c1-9-10-11-12-13-14-17-34-31-41-45-42(32-34)49(38-27-23-36(24-28-38)47(6,7)8)40-30-33(2)20-29-44(40)50(45)43-19-16-15-18-39(43)48(41)37-25-21-35(22-26-37)46(3,4)5/h15-16,18-32H,9-14,17H2,1-8H3. The Kier molecular flexibility index (Phi) is 9.40. The van der Waals surface area contributed by atoms with Crippen LogP contribution in [0, 0.1) is 6.92 Å². The SMILES string of the molecule is CCCCCCCCc1cc2c3c(c1)B(c1ccc(C(C)(C)C)cc1)c1cc(C)ccc1N3c1ccccc1B2c1ccc(C(C)(C)C)cc1. The molecule has 0 aromatic heterocycles. The van der Waals surface area contributed by atoms with Crippen molar-refractivity contribution in [2.45, 2.75) is 111 Å². The summed E-state index contributed by atoms with van der Waals surface area (Å²) in [5, 5.41) is 0. The smallest absolute Gasteiger partial charge is 0.246 e.